The second kappa shape index (κ2) is 7.53. The Labute approximate surface area is 135 Å². The van der Waals surface area contributed by atoms with E-state index in [2.05, 4.69) is 0 Å². The molecule has 0 bridgehead atoms. The third-order valence-corrected chi connectivity index (χ3v) is 3.95. The van der Waals surface area contributed by atoms with Gasteiger partial charge in [-0.3, -0.25) is 0 Å². The van der Waals surface area contributed by atoms with Crippen LogP contribution < -0.4 is 0 Å². The number of aliphatic carboxylic acids is 1. The van der Waals surface area contributed by atoms with E-state index < -0.39 is 74.0 Å². The number of aliphatic hydroxyl groups excluding tert-OH is 7. The highest BCUT2D eigenvalue weighted by molar-refractivity contribution is 5.73. The van der Waals surface area contributed by atoms with Crippen molar-refractivity contribution in [1.82, 2.24) is 0 Å². The molecule has 0 aromatic heterocycles. The van der Waals surface area contributed by atoms with Gasteiger partial charge in [-0.05, 0) is 0 Å². The predicted octanol–water partition coefficient (Wildman–Crippen LogP) is -5.30. The second-order valence-corrected chi connectivity index (χ2v) is 5.56. The third kappa shape index (κ3) is 3.52. The number of hydrogen-bond acceptors (Lipinski definition) is 11. The lowest BCUT2D eigenvalue weighted by Crippen LogP contribution is -2.64. The fraction of sp³-hybridized carbons (Fsp3) is 0.917. The molecule has 0 unspecified atom stereocenters. The van der Waals surface area contributed by atoms with Crippen LogP contribution in [0.5, 0.6) is 0 Å². The van der Waals surface area contributed by atoms with Crippen LogP contribution in [0.15, 0.2) is 0 Å². The number of hydrogen-bond donors (Lipinski definition) is 8. The maximum atomic E-state index is 11.0. The Kier molecular flexibility index (Phi) is 6.09. The van der Waals surface area contributed by atoms with Gasteiger partial charge in [0.1, 0.15) is 42.7 Å². The third-order valence-electron chi connectivity index (χ3n) is 3.95. The molecule has 2 heterocycles. The van der Waals surface area contributed by atoms with Crippen molar-refractivity contribution in [1.29, 1.82) is 0 Å². The second-order valence-electron chi connectivity index (χ2n) is 5.56. The zero-order valence-corrected chi connectivity index (χ0v) is 12.2. The van der Waals surface area contributed by atoms with Crippen LogP contribution >= 0.6 is 0 Å². The average molecular weight is 356 g/mol. The van der Waals surface area contributed by atoms with Crippen LogP contribution in [0.25, 0.3) is 0 Å². The summed E-state index contributed by atoms with van der Waals surface area (Å²) in [5, 5.41) is 76.4. The first-order valence-electron chi connectivity index (χ1n) is 7.07. The first-order chi connectivity index (χ1) is 11.2. The number of aliphatic hydroxyl groups is 7. The van der Waals surface area contributed by atoms with Gasteiger partial charge in [0.2, 0.25) is 0 Å². The topological polar surface area (TPSA) is 207 Å². The fourth-order valence-electron chi connectivity index (χ4n) is 2.54. The van der Waals surface area contributed by atoms with Gasteiger partial charge in [-0.15, -0.1) is 0 Å². The number of rotatable bonds is 4. The quantitative estimate of drug-likeness (QED) is 0.238. The van der Waals surface area contributed by atoms with E-state index >= 15 is 0 Å². The monoisotopic (exact) mass is 356 g/mol. The molecule has 12 heteroatoms. The maximum absolute atomic E-state index is 11.0. The van der Waals surface area contributed by atoms with Gasteiger partial charge in [0.25, 0.3) is 0 Å². The molecule has 24 heavy (non-hydrogen) atoms. The van der Waals surface area contributed by atoms with Gasteiger partial charge in [-0.1, -0.05) is 0 Å². The Hall–Kier alpha value is -0.930. The predicted molar refractivity (Wildman–Crippen MR) is 69.2 cm³/mol. The van der Waals surface area contributed by atoms with Gasteiger partial charge >= 0.3 is 5.97 Å². The Morgan fingerprint density at radius 2 is 1.50 bits per heavy atom. The molecule has 2 aliphatic heterocycles. The van der Waals surface area contributed by atoms with Crippen molar-refractivity contribution in [3.05, 3.63) is 0 Å². The lowest BCUT2D eigenvalue weighted by Gasteiger charge is -2.44. The molecule has 0 aromatic carbocycles. The molecule has 0 aliphatic carbocycles. The molecule has 12 nitrogen and oxygen atoms in total. The van der Waals surface area contributed by atoms with Crippen LogP contribution in [-0.2, 0) is 19.0 Å². The molecule has 10 atom stereocenters. The highest BCUT2D eigenvalue weighted by Crippen LogP contribution is 2.28. The summed E-state index contributed by atoms with van der Waals surface area (Å²) in [5.41, 5.74) is 0. The lowest BCUT2D eigenvalue weighted by molar-refractivity contribution is -0.357. The standard InChI is InChI=1S/C12H20O12/c13-1-2-3(14)5(16)9(11(21)22-2)24-12-7(18)4(15)6(17)8(23-12)10(19)20/h2-9,11-18,21H,1H2,(H,19,20)/t2-,3+,4+,5+,6+,7-,8+,9-,11-,12+/m1/s1. The van der Waals surface area contributed by atoms with E-state index in [0.717, 1.165) is 0 Å². The molecule has 2 saturated heterocycles. The van der Waals surface area contributed by atoms with Crippen molar-refractivity contribution in [2.75, 3.05) is 6.61 Å². The molecule has 0 spiro atoms. The van der Waals surface area contributed by atoms with Crippen molar-refractivity contribution in [3.63, 3.8) is 0 Å². The molecule has 140 valence electrons. The molecule has 2 aliphatic rings. The smallest absolute Gasteiger partial charge is 0.335 e. The van der Waals surface area contributed by atoms with Crippen molar-refractivity contribution in [3.8, 4) is 0 Å². The summed E-state index contributed by atoms with van der Waals surface area (Å²) in [5.74, 6) is -1.64. The summed E-state index contributed by atoms with van der Waals surface area (Å²) < 4.78 is 14.7. The van der Waals surface area contributed by atoms with Crippen molar-refractivity contribution in [2.24, 2.45) is 0 Å². The molecular formula is C12H20O12. The Morgan fingerprint density at radius 3 is 2.04 bits per heavy atom. The highest BCUT2D eigenvalue weighted by atomic mass is 16.7. The van der Waals surface area contributed by atoms with Gasteiger partial charge in [0.15, 0.2) is 18.7 Å². The van der Waals surface area contributed by atoms with Crippen molar-refractivity contribution >= 4 is 5.97 Å². The highest BCUT2D eigenvalue weighted by Gasteiger charge is 2.51. The average Bonchev–Trinajstić information content (AvgIpc) is 2.54. The minimum absolute atomic E-state index is 0.698. The summed E-state index contributed by atoms with van der Waals surface area (Å²) in [6.07, 6.45) is -17.8. The molecule has 0 aromatic rings. The van der Waals surface area contributed by atoms with E-state index in [1.807, 2.05) is 0 Å². The Balaban J connectivity index is 2.12. The summed E-state index contributed by atoms with van der Waals surface area (Å²) in [6.45, 7) is -0.698. The molecule has 0 saturated carbocycles. The van der Waals surface area contributed by atoms with Crippen LogP contribution in [0, 0.1) is 0 Å². The van der Waals surface area contributed by atoms with Crippen molar-refractivity contribution < 1.29 is 59.9 Å². The molecule has 0 amide bonds. The van der Waals surface area contributed by atoms with Crippen LogP contribution in [0.2, 0.25) is 0 Å². The van der Waals surface area contributed by atoms with Gasteiger partial charge in [-0.25, -0.2) is 4.79 Å². The zero-order chi connectivity index (χ0) is 18.2. The van der Waals surface area contributed by atoms with Crippen LogP contribution in [-0.4, -0.2) is 115 Å². The summed E-state index contributed by atoms with van der Waals surface area (Å²) >= 11 is 0. The number of carbonyl (C=O) groups is 1. The van der Waals surface area contributed by atoms with Gasteiger partial charge in [0, 0.05) is 0 Å². The summed E-state index contributed by atoms with van der Waals surface area (Å²) in [7, 11) is 0. The van der Waals surface area contributed by atoms with E-state index in [1.165, 1.54) is 0 Å². The minimum atomic E-state index is -1.93. The largest absolute Gasteiger partial charge is 0.479 e. The Morgan fingerprint density at radius 1 is 0.875 bits per heavy atom. The minimum Gasteiger partial charge on any atom is -0.479 e. The molecular weight excluding hydrogens is 336 g/mol. The molecule has 2 rings (SSSR count). The normalized spacial score (nSPS) is 49.8. The lowest BCUT2D eigenvalue weighted by atomic mass is 9.97. The molecule has 0 radical (unpaired) electrons. The van der Waals surface area contributed by atoms with Crippen LogP contribution in [0.4, 0.5) is 0 Å². The van der Waals surface area contributed by atoms with Gasteiger partial charge in [-0.2, -0.15) is 0 Å². The van der Waals surface area contributed by atoms with Crippen molar-refractivity contribution in [2.45, 2.75) is 61.4 Å². The SMILES string of the molecule is O=C(O)[C@H]1O[C@@H](O[C@@H]2[C@@H](O)[C@@H](O)[C@@H](CO)O[C@H]2O)[C@H](O)[C@@H](O)[C@@H]1O. The van der Waals surface area contributed by atoms with E-state index in [1.54, 1.807) is 0 Å². The fourth-order valence-corrected chi connectivity index (χ4v) is 2.54. The van der Waals surface area contributed by atoms with Crippen LogP contribution in [0.1, 0.15) is 0 Å². The van der Waals surface area contributed by atoms with Crippen LogP contribution in [0.3, 0.4) is 0 Å². The first kappa shape index (κ1) is 19.4. The van der Waals surface area contributed by atoms with Gasteiger partial charge in [0.05, 0.1) is 6.61 Å². The van der Waals surface area contributed by atoms with E-state index in [4.69, 9.17) is 24.4 Å². The molecule has 2 fully saturated rings. The first-order valence-corrected chi connectivity index (χ1v) is 7.07. The van der Waals surface area contributed by atoms with E-state index in [-0.39, 0.29) is 0 Å². The number of carboxylic acid groups (broad SMARTS) is 1. The Bertz CT molecular complexity index is 446. The number of carboxylic acids is 1. The maximum Gasteiger partial charge on any atom is 0.335 e. The number of ether oxygens (including phenoxy) is 3. The van der Waals surface area contributed by atoms with E-state index in [9.17, 15) is 35.4 Å². The molecule has 8 N–H and O–H groups in total. The summed E-state index contributed by atoms with van der Waals surface area (Å²) in [6, 6.07) is 0. The van der Waals surface area contributed by atoms with Gasteiger partial charge < -0.3 is 55.1 Å². The summed E-state index contributed by atoms with van der Waals surface area (Å²) in [4.78, 5) is 11.0. The van der Waals surface area contributed by atoms with E-state index in [0.29, 0.717) is 0 Å². The zero-order valence-electron chi connectivity index (χ0n) is 12.2.